The number of carbonyl (C=O) groups is 3. The van der Waals surface area contributed by atoms with Gasteiger partial charge in [0.1, 0.15) is 0 Å². The largest absolute Gasteiger partial charge is 0.350 e. The van der Waals surface area contributed by atoms with E-state index in [0.717, 1.165) is 36.5 Å². The molecule has 0 spiro atoms. The Hall–Kier alpha value is -2.77. The third kappa shape index (κ3) is 4.37. The average molecular weight is 410 g/mol. The van der Waals surface area contributed by atoms with E-state index in [1.807, 2.05) is 24.3 Å². The third-order valence-electron chi connectivity index (χ3n) is 5.58. The molecule has 7 heteroatoms. The molecule has 1 fully saturated rings. The van der Waals surface area contributed by atoms with Crippen LogP contribution in [0.5, 0.6) is 0 Å². The summed E-state index contributed by atoms with van der Waals surface area (Å²) in [7, 11) is 0. The molecule has 2 aliphatic rings. The maximum atomic E-state index is 12.8. The van der Waals surface area contributed by atoms with Gasteiger partial charge in [0.15, 0.2) is 6.29 Å². The molecule has 0 aromatic heterocycles. The summed E-state index contributed by atoms with van der Waals surface area (Å²) in [6.07, 6.45) is 4.86. The molecule has 0 radical (unpaired) electrons. The monoisotopic (exact) mass is 410 g/mol. The average Bonchev–Trinajstić information content (AvgIpc) is 2.78. The Bertz CT molecular complexity index is 901. The zero-order chi connectivity index (χ0) is 20.9. The number of hydrogen-bond donors (Lipinski definition) is 1. The van der Waals surface area contributed by atoms with Crippen LogP contribution in [0.2, 0.25) is 0 Å². The van der Waals surface area contributed by atoms with Crippen LogP contribution in [0, 0.1) is 0 Å². The highest BCUT2D eigenvalue weighted by Gasteiger charge is 2.32. The molecule has 0 saturated carbocycles. The number of imide groups is 1. The molecule has 2 aliphatic heterocycles. The van der Waals surface area contributed by atoms with Gasteiger partial charge in [0.25, 0.3) is 11.8 Å². The maximum absolute atomic E-state index is 12.8. The Morgan fingerprint density at radius 3 is 2.43 bits per heavy atom. The molecule has 7 nitrogen and oxygen atoms in total. The lowest BCUT2D eigenvalue weighted by molar-refractivity contribution is -0.200. The Labute approximate surface area is 175 Å². The van der Waals surface area contributed by atoms with Gasteiger partial charge in [0.05, 0.1) is 0 Å². The highest BCUT2D eigenvalue weighted by molar-refractivity contribution is 6.25. The minimum absolute atomic E-state index is 0.185. The first-order valence-corrected chi connectivity index (χ1v) is 10.6. The van der Waals surface area contributed by atoms with Gasteiger partial charge in [-0.25, -0.2) is 10.3 Å². The van der Waals surface area contributed by atoms with Crippen LogP contribution in [0.4, 0.5) is 0 Å². The second-order valence-corrected chi connectivity index (χ2v) is 7.72. The van der Waals surface area contributed by atoms with Crippen LogP contribution in [-0.4, -0.2) is 42.1 Å². The molecule has 2 aromatic carbocycles. The minimum atomic E-state index is -0.355. The van der Waals surface area contributed by atoms with Crippen LogP contribution < -0.4 is 5.48 Å². The molecule has 158 valence electrons. The van der Waals surface area contributed by atoms with Crippen LogP contribution in [0.15, 0.2) is 36.4 Å². The van der Waals surface area contributed by atoms with E-state index in [4.69, 9.17) is 9.57 Å². The fourth-order valence-electron chi connectivity index (χ4n) is 4.00. The van der Waals surface area contributed by atoms with Crippen molar-refractivity contribution in [1.29, 1.82) is 0 Å². The van der Waals surface area contributed by atoms with Crippen molar-refractivity contribution >= 4 is 28.5 Å². The van der Waals surface area contributed by atoms with Crippen molar-refractivity contribution in [1.82, 2.24) is 10.4 Å². The van der Waals surface area contributed by atoms with Crippen LogP contribution in [0.3, 0.4) is 0 Å². The smallest absolute Gasteiger partial charge is 0.261 e. The number of unbranched alkanes of at least 4 members (excludes halogenated alkanes) is 2. The van der Waals surface area contributed by atoms with Crippen molar-refractivity contribution in [3.8, 4) is 0 Å². The van der Waals surface area contributed by atoms with Gasteiger partial charge in [-0.2, -0.15) is 0 Å². The Balaban J connectivity index is 1.23. The van der Waals surface area contributed by atoms with Crippen molar-refractivity contribution < 1.29 is 24.0 Å². The number of ether oxygens (including phenoxy) is 1. The SMILES string of the molecule is O=C(CCCCCN1C(=O)c2cccc3cccc(c23)C1=O)NO[C@@H]1CCCCO1. The molecule has 0 aliphatic carbocycles. The Morgan fingerprint density at radius 1 is 1.03 bits per heavy atom. The molecule has 30 heavy (non-hydrogen) atoms. The molecule has 4 rings (SSSR count). The van der Waals surface area contributed by atoms with Gasteiger partial charge >= 0.3 is 0 Å². The van der Waals surface area contributed by atoms with Gasteiger partial charge in [-0.05, 0) is 43.2 Å². The zero-order valence-electron chi connectivity index (χ0n) is 16.9. The van der Waals surface area contributed by atoms with E-state index >= 15 is 0 Å². The molecule has 1 N–H and O–H groups in total. The topological polar surface area (TPSA) is 84.9 Å². The molecule has 0 unspecified atom stereocenters. The van der Waals surface area contributed by atoms with Crippen molar-refractivity contribution in [2.75, 3.05) is 13.2 Å². The summed E-state index contributed by atoms with van der Waals surface area (Å²) in [6, 6.07) is 11.0. The lowest BCUT2D eigenvalue weighted by Gasteiger charge is -2.27. The van der Waals surface area contributed by atoms with Gasteiger partial charge in [-0.15, -0.1) is 0 Å². The van der Waals surface area contributed by atoms with Crippen LogP contribution in [0.1, 0.15) is 65.7 Å². The van der Waals surface area contributed by atoms with E-state index in [-0.39, 0.29) is 24.0 Å². The zero-order valence-corrected chi connectivity index (χ0v) is 16.9. The van der Waals surface area contributed by atoms with Crippen molar-refractivity contribution in [2.45, 2.75) is 51.2 Å². The predicted octanol–water partition coefficient (Wildman–Crippen LogP) is 3.57. The predicted molar refractivity (Wildman–Crippen MR) is 111 cm³/mol. The number of nitrogens with one attached hydrogen (secondary N) is 1. The van der Waals surface area contributed by atoms with E-state index < -0.39 is 0 Å². The molecular weight excluding hydrogens is 384 g/mol. The summed E-state index contributed by atoms with van der Waals surface area (Å²) in [5, 5.41) is 1.64. The first kappa shape index (κ1) is 20.5. The first-order valence-electron chi connectivity index (χ1n) is 10.6. The molecule has 1 atom stereocenters. The van der Waals surface area contributed by atoms with Crippen LogP contribution >= 0.6 is 0 Å². The highest BCUT2D eigenvalue weighted by atomic mass is 16.8. The van der Waals surface area contributed by atoms with Gasteiger partial charge in [-0.3, -0.25) is 19.3 Å². The van der Waals surface area contributed by atoms with Crippen LogP contribution in [-0.2, 0) is 14.4 Å². The van der Waals surface area contributed by atoms with Crippen molar-refractivity contribution in [3.05, 3.63) is 47.5 Å². The van der Waals surface area contributed by atoms with Crippen LogP contribution in [0.25, 0.3) is 10.8 Å². The lowest BCUT2D eigenvalue weighted by Crippen LogP contribution is -2.40. The summed E-state index contributed by atoms with van der Waals surface area (Å²) >= 11 is 0. The van der Waals surface area contributed by atoms with E-state index in [1.54, 1.807) is 12.1 Å². The number of hydroxylamine groups is 1. The second-order valence-electron chi connectivity index (χ2n) is 7.72. The van der Waals surface area contributed by atoms with E-state index in [0.29, 0.717) is 43.5 Å². The molecule has 1 saturated heterocycles. The normalized spacial score (nSPS) is 18.7. The first-order chi connectivity index (χ1) is 14.6. The number of amides is 3. The van der Waals surface area contributed by atoms with Gasteiger partial charge in [0.2, 0.25) is 5.91 Å². The lowest BCUT2D eigenvalue weighted by atomic mass is 9.94. The molecule has 2 aromatic rings. The molecule has 3 amide bonds. The minimum Gasteiger partial charge on any atom is -0.350 e. The number of carbonyl (C=O) groups excluding carboxylic acids is 3. The second kappa shape index (κ2) is 9.36. The third-order valence-corrected chi connectivity index (χ3v) is 5.58. The van der Waals surface area contributed by atoms with E-state index in [2.05, 4.69) is 5.48 Å². The fourth-order valence-corrected chi connectivity index (χ4v) is 4.00. The standard InChI is InChI=1S/C23H26N2O5/c26-19(24-30-20-13-3-5-15-29-20)12-2-1-4-14-25-22(27)17-10-6-8-16-9-7-11-18(21(16)17)23(25)28/h6-11,20H,1-5,12-15H2,(H,24,26)/t20-/m1/s1. The number of benzene rings is 2. The van der Waals surface area contributed by atoms with Crippen molar-refractivity contribution in [3.63, 3.8) is 0 Å². The van der Waals surface area contributed by atoms with E-state index in [1.165, 1.54) is 4.90 Å². The summed E-state index contributed by atoms with van der Waals surface area (Å²) in [4.78, 5) is 44.1. The molecular formula is C23H26N2O5. The summed E-state index contributed by atoms with van der Waals surface area (Å²) in [5.41, 5.74) is 3.59. The van der Waals surface area contributed by atoms with Crippen molar-refractivity contribution in [2.24, 2.45) is 0 Å². The van der Waals surface area contributed by atoms with E-state index in [9.17, 15) is 14.4 Å². The summed E-state index contributed by atoms with van der Waals surface area (Å²) in [6.45, 7) is 1.00. The van der Waals surface area contributed by atoms with Gasteiger partial charge < -0.3 is 4.74 Å². The summed E-state index contributed by atoms with van der Waals surface area (Å²) in [5.74, 6) is -0.680. The highest BCUT2D eigenvalue weighted by Crippen LogP contribution is 2.30. The number of hydrogen-bond acceptors (Lipinski definition) is 5. The fraction of sp³-hybridized carbons (Fsp3) is 0.435. The van der Waals surface area contributed by atoms with Gasteiger partial charge in [0, 0.05) is 42.5 Å². The number of nitrogens with zero attached hydrogens (tertiary/aromatic N) is 1. The van der Waals surface area contributed by atoms with Gasteiger partial charge in [-0.1, -0.05) is 30.7 Å². The molecule has 0 bridgehead atoms. The quantitative estimate of drug-likeness (QED) is 0.409. The summed E-state index contributed by atoms with van der Waals surface area (Å²) < 4.78 is 5.40. The molecule has 2 heterocycles. The Kier molecular flexibility index (Phi) is 6.40. The maximum Gasteiger partial charge on any atom is 0.261 e. The Morgan fingerprint density at radius 2 is 1.77 bits per heavy atom. The number of rotatable bonds is 8.